The molecule has 1 N–H and O–H groups in total. The first-order valence-electron chi connectivity index (χ1n) is 8.87. The molecule has 0 amide bonds. The molecule has 30 heavy (non-hydrogen) atoms. The van der Waals surface area contributed by atoms with Crippen molar-refractivity contribution in [1.29, 1.82) is 0 Å². The van der Waals surface area contributed by atoms with Crippen LogP contribution < -0.4 is 5.32 Å². The van der Waals surface area contributed by atoms with Gasteiger partial charge in [0.1, 0.15) is 0 Å². The highest BCUT2D eigenvalue weighted by molar-refractivity contribution is 6.07. The topological polar surface area (TPSA) is 32.3 Å². The molecule has 3 nitrogen and oxygen atoms in total. The molecule has 0 aliphatic carbocycles. The highest BCUT2D eigenvalue weighted by atomic mass is 19.4. The van der Waals surface area contributed by atoms with E-state index in [2.05, 4.69) is 5.32 Å². The second-order valence-electron chi connectivity index (χ2n) is 6.84. The van der Waals surface area contributed by atoms with Crippen LogP contribution in [0.2, 0.25) is 0 Å². The molecule has 0 saturated heterocycles. The van der Waals surface area contributed by atoms with Gasteiger partial charge in [0, 0.05) is 24.3 Å². The van der Waals surface area contributed by atoms with Crippen molar-refractivity contribution in [3.05, 3.63) is 70.8 Å². The summed E-state index contributed by atoms with van der Waals surface area (Å²) in [4.78, 5) is 14.2. The van der Waals surface area contributed by atoms with Crippen molar-refractivity contribution in [2.75, 3.05) is 32.5 Å². The number of anilines is 1. The fraction of sp³-hybridized carbons (Fsp3) is 0.286. The molecule has 2 aromatic carbocycles. The number of rotatable bonds is 7. The van der Waals surface area contributed by atoms with Gasteiger partial charge in [-0.25, -0.2) is 0 Å². The van der Waals surface area contributed by atoms with Crippen LogP contribution in [0.3, 0.4) is 0 Å². The smallest absolute Gasteiger partial charge is 0.384 e. The largest absolute Gasteiger partial charge is 0.416 e. The van der Waals surface area contributed by atoms with Crippen molar-refractivity contribution in [3.63, 3.8) is 0 Å². The number of nitrogens with one attached hydrogen (secondary N) is 1. The molecule has 0 saturated carbocycles. The number of likely N-dealkylation sites (N-methyl/N-ethyl adjacent to an activating group) is 1. The molecule has 0 bridgehead atoms. The predicted octanol–water partition coefficient (Wildman–Crippen LogP) is 5.59. The lowest BCUT2D eigenvalue weighted by molar-refractivity contribution is -0.143. The van der Waals surface area contributed by atoms with Gasteiger partial charge in [-0.1, -0.05) is 18.2 Å². The Balaban J connectivity index is 2.17. The third-order valence-corrected chi connectivity index (χ3v) is 4.10. The lowest BCUT2D eigenvalue weighted by atomic mass is 10.0. The number of carbonyl (C=O) groups excluding carboxylic acids is 1. The van der Waals surface area contributed by atoms with Gasteiger partial charge >= 0.3 is 12.4 Å². The van der Waals surface area contributed by atoms with Crippen LogP contribution in [-0.4, -0.2) is 37.9 Å². The van der Waals surface area contributed by atoms with Crippen LogP contribution in [0.5, 0.6) is 0 Å². The molecular weight excluding hydrogens is 410 g/mol. The Kier molecular flexibility index (Phi) is 7.30. The fourth-order valence-electron chi connectivity index (χ4n) is 2.50. The number of hydrogen-bond acceptors (Lipinski definition) is 3. The summed E-state index contributed by atoms with van der Waals surface area (Å²) in [5.41, 5.74) is -2.32. The third kappa shape index (κ3) is 6.91. The predicted molar refractivity (Wildman–Crippen MR) is 103 cm³/mol. The number of benzene rings is 2. The third-order valence-electron chi connectivity index (χ3n) is 4.10. The van der Waals surface area contributed by atoms with Crippen LogP contribution in [0.4, 0.5) is 32.0 Å². The maximum absolute atomic E-state index is 12.9. The molecule has 0 aliphatic heterocycles. The number of carbonyl (C=O) groups is 1. The molecule has 9 heteroatoms. The SMILES string of the molecule is CN(C)CCNc1ccc(C=CC(=O)c2cc(C(F)(F)F)cc(C(F)(F)F)c2)cc1. The van der Waals surface area contributed by atoms with Crippen molar-refractivity contribution in [2.24, 2.45) is 0 Å². The first-order valence-corrected chi connectivity index (χ1v) is 8.87. The standard InChI is InChI=1S/C21H20F6N2O/c1-29(2)10-9-28-18-6-3-14(4-7-18)5-8-19(30)15-11-16(20(22,23)24)13-17(12-15)21(25,26)27/h3-8,11-13,28H,9-10H2,1-2H3. The minimum Gasteiger partial charge on any atom is -0.384 e. The maximum atomic E-state index is 12.9. The van der Waals surface area contributed by atoms with Crippen molar-refractivity contribution in [2.45, 2.75) is 12.4 Å². The molecule has 0 atom stereocenters. The van der Waals surface area contributed by atoms with Crippen LogP contribution in [0.1, 0.15) is 27.0 Å². The van der Waals surface area contributed by atoms with Crippen LogP contribution in [0.15, 0.2) is 48.5 Å². The summed E-state index contributed by atoms with van der Waals surface area (Å²) in [6.07, 6.45) is -7.73. The van der Waals surface area contributed by atoms with Gasteiger partial charge in [0.25, 0.3) is 0 Å². The van der Waals surface area contributed by atoms with E-state index >= 15 is 0 Å². The average molecular weight is 430 g/mol. The van der Waals surface area contributed by atoms with Crippen LogP contribution in [0.25, 0.3) is 6.08 Å². The van der Waals surface area contributed by atoms with Gasteiger partial charge < -0.3 is 10.2 Å². The summed E-state index contributed by atoms with van der Waals surface area (Å²) < 4.78 is 77.5. The Bertz CT molecular complexity index is 867. The van der Waals surface area contributed by atoms with Gasteiger partial charge in [-0.3, -0.25) is 4.79 Å². The quantitative estimate of drug-likeness (QED) is 0.353. The fourth-order valence-corrected chi connectivity index (χ4v) is 2.50. The number of allylic oxidation sites excluding steroid dienone is 1. The molecule has 2 rings (SSSR count). The monoisotopic (exact) mass is 430 g/mol. The van der Waals surface area contributed by atoms with Crippen LogP contribution >= 0.6 is 0 Å². The summed E-state index contributed by atoms with van der Waals surface area (Å²) in [5, 5.41) is 3.19. The minimum absolute atomic E-state index is 0.0114. The van der Waals surface area contributed by atoms with Gasteiger partial charge in [0.15, 0.2) is 5.78 Å². The zero-order valence-electron chi connectivity index (χ0n) is 16.2. The molecule has 0 unspecified atom stereocenters. The second-order valence-corrected chi connectivity index (χ2v) is 6.84. The van der Waals surface area contributed by atoms with E-state index in [0.29, 0.717) is 17.7 Å². The van der Waals surface area contributed by atoms with E-state index in [1.807, 2.05) is 19.0 Å². The summed E-state index contributed by atoms with van der Waals surface area (Å²) >= 11 is 0. The zero-order valence-corrected chi connectivity index (χ0v) is 16.2. The van der Waals surface area contributed by atoms with E-state index in [4.69, 9.17) is 0 Å². The van der Waals surface area contributed by atoms with Crippen molar-refractivity contribution in [1.82, 2.24) is 4.90 Å². The molecule has 0 fully saturated rings. The van der Waals surface area contributed by atoms with E-state index in [-0.39, 0.29) is 6.07 Å². The molecule has 0 heterocycles. The molecule has 162 valence electrons. The molecule has 0 aromatic heterocycles. The Morgan fingerprint density at radius 3 is 1.93 bits per heavy atom. The number of halogens is 6. The van der Waals surface area contributed by atoms with Crippen molar-refractivity contribution < 1.29 is 31.1 Å². The van der Waals surface area contributed by atoms with Gasteiger partial charge in [0.05, 0.1) is 11.1 Å². The van der Waals surface area contributed by atoms with Crippen molar-refractivity contribution in [3.8, 4) is 0 Å². The van der Waals surface area contributed by atoms with Gasteiger partial charge in [-0.05, 0) is 56.1 Å². The number of ketones is 1. The first kappa shape index (κ1) is 23.5. The number of hydrogen-bond donors (Lipinski definition) is 1. The molecular formula is C21H20F6N2O. The van der Waals surface area contributed by atoms with E-state index in [9.17, 15) is 31.1 Å². The van der Waals surface area contributed by atoms with Gasteiger partial charge in [-0.2, -0.15) is 26.3 Å². The van der Waals surface area contributed by atoms with Gasteiger partial charge in [0.2, 0.25) is 0 Å². The summed E-state index contributed by atoms with van der Waals surface area (Å²) in [6.45, 7) is 1.55. The molecule has 2 aromatic rings. The minimum atomic E-state index is -5.00. The number of alkyl halides is 6. The van der Waals surface area contributed by atoms with Gasteiger partial charge in [-0.15, -0.1) is 0 Å². The van der Waals surface area contributed by atoms with E-state index in [0.717, 1.165) is 24.9 Å². The lowest BCUT2D eigenvalue weighted by Crippen LogP contribution is -2.20. The molecule has 0 aliphatic rings. The molecule has 0 spiro atoms. The Morgan fingerprint density at radius 1 is 0.933 bits per heavy atom. The number of nitrogens with zero attached hydrogens (tertiary/aromatic N) is 1. The maximum Gasteiger partial charge on any atom is 0.416 e. The Hall–Kier alpha value is -2.81. The summed E-state index contributed by atoms with van der Waals surface area (Å²) in [6, 6.07) is 7.68. The lowest BCUT2D eigenvalue weighted by Gasteiger charge is -2.13. The highest BCUT2D eigenvalue weighted by Crippen LogP contribution is 2.36. The van der Waals surface area contributed by atoms with Crippen LogP contribution in [-0.2, 0) is 12.4 Å². The van der Waals surface area contributed by atoms with E-state index in [1.165, 1.54) is 6.08 Å². The van der Waals surface area contributed by atoms with E-state index < -0.39 is 34.8 Å². The first-order chi connectivity index (χ1) is 13.9. The van der Waals surface area contributed by atoms with Crippen LogP contribution in [0, 0.1) is 0 Å². The molecule has 0 radical (unpaired) electrons. The zero-order chi connectivity index (χ0) is 22.5. The Morgan fingerprint density at radius 2 is 1.47 bits per heavy atom. The van der Waals surface area contributed by atoms with Crippen molar-refractivity contribution >= 4 is 17.5 Å². The average Bonchev–Trinajstić information content (AvgIpc) is 2.65. The normalized spacial score (nSPS) is 12.6. The van der Waals surface area contributed by atoms with E-state index in [1.54, 1.807) is 24.3 Å². The second kappa shape index (κ2) is 9.34. The summed E-state index contributed by atoms with van der Waals surface area (Å²) in [7, 11) is 3.88. The Labute approximate surface area is 170 Å². The summed E-state index contributed by atoms with van der Waals surface area (Å²) in [5.74, 6) is -0.959. The highest BCUT2D eigenvalue weighted by Gasteiger charge is 2.37.